The van der Waals surface area contributed by atoms with Crippen molar-refractivity contribution in [3.05, 3.63) is 75.7 Å². The molecule has 0 radical (unpaired) electrons. The van der Waals surface area contributed by atoms with Gasteiger partial charge in [0.15, 0.2) is 0 Å². The number of amides is 1. The molecular formula is C28H31N3O5. The summed E-state index contributed by atoms with van der Waals surface area (Å²) >= 11 is 0. The van der Waals surface area contributed by atoms with Crippen LogP contribution in [0.3, 0.4) is 0 Å². The van der Waals surface area contributed by atoms with Gasteiger partial charge in [-0.05, 0) is 16.3 Å². The maximum absolute atomic E-state index is 13.1. The maximum Gasteiger partial charge on any atom is 0.343 e. The van der Waals surface area contributed by atoms with E-state index >= 15 is 0 Å². The molecule has 3 aromatic rings. The number of rotatable bonds is 6. The van der Waals surface area contributed by atoms with Crippen molar-refractivity contribution in [3.63, 3.8) is 0 Å². The van der Waals surface area contributed by atoms with Crippen LogP contribution in [-0.4, -0.2) is 66.6 Å². The predicted molar refractivity (Wildman–Crippen MR) is 136 cm³/mol. The second-order valence-electron chi connectivity index (χ2n) is 9.63. The zero-order valence-electron chi connectivity index (χ0n) is 20.7. The van der Waals surface area contributed by atoms with Gasteiger partial charge in [0.2, 0.25) is 5.91 Å². The summed E-state index contributed by atoms with van der Waals surface area (Å²) in [6.45, 7) is 3.47. The topological polar surface area (TPSA) is 81.1 Å². The third-order valence-corrected chi connectivity index (χ3v) is 7.25. The van der Waals surface area contributed by atoms with E-state index < -0.39 is 5.97 Å². The summed E-state index contributed by atoms with van der Waals surface area (Å²) in [4.78, 5) is 41.8. The van der Waals surface area contributed by atoms with Crippen LogP contribution in [0, 0.1) is 5.92 Å². The van der Waals surface area contributed by atoms with Gasteiger partial charge in [-0.2, -0.15) is 0 Å². The lowest BCUT2D eigenvalue weighted by Crippen LogP contribution is -2.29. The van der Waals surface area contributed by atoms with Gasteiger partial charge < -0.3 is 18.9 Å². The zero-order valence-corrected chi connectivity index (χ0v) is 20.7. The molecule has 36 heavy (non-hydrogen) atoms. The first-order chi connectivity index (χ1) is 17.4. The average Bonchev–Trinajstić information content (AvgIpc) is 3.07. The quantitative estimate of drug-likeness (QED) is 0.496. The van der Waals surface area contributed by atoms with E-state index in [1.165, 1.54) is 29.5 Å². The molecular weight excluding hydrogens is 458 g/mol. The van der Waals surface area contributed by atoms with Gasteiger partial charge in [0.1, 0.15) is 11.3 Å². The van der Waals surface area contributed by atoms with Gasteiger partial charge in [-0.25, -0.2) is 4.79 Å². The van der Waals surface area contributed by atoms with E-state index in [1.54, 1.807) is 16.5 Å². The number of ether oxygens (including phenoxy) is 2. The summed E-state index contributed by atoms with van der Waals surface area (Å²) in [5.74, 6) is -0.186. The lowest BCUT2D eigenvalue weighted by atomic mass is 10.0. The molecule has 2 aromatic carbocycles. The number of esters is 1. The number of hydrogen-bond acceptors (Lipinski definition) is 6. The molecule has 0 aliphatic carbocycles. The van der Waals surface area contributed by atoms with Gasteiger partial charge >= 0.3 is 5.97 Å². The molecule has 0 N–H and O–H groups in total. The van der Waals surface area contributed by atoms with E-state index in [4.69, 9.17) is 9.47 Å². The van der Waals surface area contributed by atoms with Gasteiger partial charge in [-0.15, -0.1) is 0 Å². The number of likely N-dealkylation sites (tertiary alicyclic amines) is 1. The van der Waals surface area contributed by atoms with E-state index in [0.29, 0.717) is 50.3 Å². The Morgan fingerprint density at radius 1 is 1.06 bits per heavy atom. The number of methoxy groups -OCH3 is 1. The molecule has 188 valence electrons. The SMILES string of the molecule is COC(=O)c1c(OC[C@@H]2CC(=O)N(C)C2)cc(=O)n2c1CCN(Cc1cccc3ccccc13)CC2. The summed E-state index contributed by atoms with van der Waals surface area (Å²) in [6.07, 6.45) is 0.920. The predicted octanol–water partition coefficient (Wildman–Crippen LogP) is 2.70. The smallest absolute Gasteiger partial charge is 0.343 e. The van der Waals surface area contributed by atoms with Crippen LogP contribution < -0.4 is 10.3 Å². The molecule has 0 saturated carbocycles. The van der Waals surface area contributed by atoms with Crippen molar-refractivity contribution in [1.29, 1.82) is 0 Å². The van der Waals surface area contributed by atoms with E-state index in [2.05, 4.69) is 35.2 Å². The zero-order chi connectivity index (χ0) is 25.2. The molecule has 8 heteroatoms. The van der Waals surface area contributed by atoms with Crippen molar-refractivity contribution < 1.29 is 19.1 Å². The largest absolute Gasteiger partial charge is 0.492 e. The number of pyridine rings is 1. The van der Waals surface area contributed by atoms with Crippen molar-refractivity contribution in [3.8, 4) is 5.75 Å². The highest BCUT2D eigenvalue weighted by Gasteiger charge is 2.30. The monoisotopic (exact) mass is 489 g/mol. The van der Waals surface area contributed by atoms with E-state index in [-0.39, 0.29) is 29.7 Å². The third kappa shape index (κ3) is 4.73. The molecule has 2 aliphatic rings. The van der Waals surface area contributed by atoms with Crippen molar-refractivity contribution in [2.24, 2.45) is 5.92 Å². The summed E-state index contributed by atoms with van der Waals surface area (Å²) in [5, 5.41) is 2.43. The Morgan fingerprint density at radius 3 is 2.64 bits per heavy atom. The molecule has 0 unspecified atom stereocenters. The van der Waals surface area contributed by atoms with Crippen LogP contribution in [-0.2, 0) is 29.0 Å². The Bertz CT molecular complexity index is 1360. The van der Waals surface area contributed by atoms with Crippen molar-refractivity contribution >= 4 is 22.6 Å². The Kier molecular flexibility index (Phi) is 6.78. The van der Waals surface area contributed by atoms with Gasteiger partial charge in [-0.1, -0.05) is 42.5 Å². The molecule has 1 amide bonds. The summed E-state index contributed by atoms with van der Waals surface area (Å²) < 4.78 is 12.8. The van der Waals surface area contributed by atoms with Gasteiger partial charge in [0.05, 0.1) is 13.7 Å². The van der Waals surface area contributed by atoms with Crippen LogP contribution in [0.25, 0.3) is 10.8 Å². The van der Waals surface area contributed by atoms with Crippen LogP contribution in [0.15, 0.2) is 53.3 Å². The number of aromatic nitrogens is 1. The molecule has 5 rings (SSSR count). The number of hydrogen-bond donors (Lipinski definition) is 0. The van der Waals surface area contributed by atoms with E-state index in [0.717, 1.165) is 6.54 Å². The first-order valence-corrected chi connectivity index (χ1v) is 12.4. The molecule has 3 heterocycles. The van der Waals surface area contributed by atoms with Gasteiger partial charge in [0, 0.05) is 70.3 Å². The number of carbonyl (C=O) groups is 2. The lowest BCUT2D eigenvalue weighted by molar-refractivity contribution is -0.126. The molecule has 0 bridgehead atoms. The molecule has 8 nitrogen and oxygen atoms in total. The second kappa shape index (κ2) is 10.1. The number of carbonyl (C=O) groups excluding carboxylic acids is 2. The Balaban J connectivity index is 1.39. The summed E-state index contributed by atoms with van der Waals surface area (Å²) in [7, 11) is 3.10. The second-order valence-corrected chi connectivity index (χ2v) is 9.63. The van der Waals surface area contributed by atoms with Crippen LogP contribution in [0.5, 0.6) is 5.75 Å². The van der Waals surface area contributed by atoms with Crippen molar-refractivity contribution in [1.82, 2.24) is 14.4 Å². The van der Waals surface area contributed by atoms with Gasteiger partial charge in [0.25, 0.3) is 5.56 Å². The lowest BCUT2D eigenvalue weighted by Gasteiger charge is -2.20. The first kappa shape index (κ1) is 24.1. The third-order valence-electron chi connectivity index (χ3n) is 7.25. The Hall–Kier alpha value is -3.65. The van der Waals surface area contributed by atoms with E-state index in [1.807, 2.05) is 12.1 Å². The molecule has 1 atom stereocenters. The number of benzene rings is 2. The van der Waals surface area contributed by atoms with Crippen LogP contribution in [0.2, 0.25) is 0 Å². The van der Waals surface area contributed by atoms with Crippen LogP contribution >= 0.6 is 0 Å². The Labute approximate surface area is 210 Å². The fourth-order valence-corrected chi connectivity index (χ4v) is 5.33. The molecule has 1 saturated heterocycles. The fourth-order valence-electron chi connectivity index (χ4n) is 5.33. The minimum Gasteiger partial charge on any atom is -0.492 e. The van der Waals surface area contributed by atoms with E-state index in [9.17, 15) is 14.4 Å². The van der Waals surface area contributed by atoms with Crippen molar-refractivity contribution in [2.75, 3.05) is 40.4 Å². The number of fused-ring (bicyclic) bond motifs is 2. The molecule has 2 aliphatic heterocycles. The standard InChI is InChI=1S/C28H31N3O5/c1-29-16-19(14-25(29)32)18-36-24-15-26(33)31-13-12-30(11-10-23(31)27(24)28(34)35-2)17-21-8-5-7-20-6-3-4-9-22(20)21/h3-9,15,19H,10-14,16-18H2,1-2H3/t19-/m1/s1. The van der Waals surface area contributed by atoms with Crippen molar-refractivity contribution in [2.45, 2.75) is 25.9 Å². The molecule has 1 fully saturated rings. The molecule has 1 aromatic heterocycles. The Morgan fingerprint density at radius 2 is 1.86 bits per heavy atom. The highest BCUT2D eigenvalue weighted by molar-refractivity contribution is 5.93. The minimum atomic E-state index is -0.518. The normalized spacial score (nSPS) is 18.2. The van der Waals surface area contributed by atoms with Gasteiger partial charge in [-0.3, -0.25) is 14.5 Å². The summed E-state index contributed by atoms with van der Waals surface area (Å²) in [6, 6.07) is 16.0. The molecule has 0 spiro atoms. The highest BCUT2D eigenvalue weighted by atomic mass is 16.5. The van der Waals surface area contributed by atoms with Crippen LogP contribution in [0.4, 0.5) is 0 Å². The fraction of sp³-hybridized carbons (Fsp3) is 0.393. The summed E-state index contributed by atoms with van der Waals surface area (Å²) in [5.41, 5.74) is 1.99. The average molecular weight is 490 g/mol. The minimum absolute atomic E-state index is 0.0192. The maximum atomic E-state index is 13.1. The number of nitrogens with zero attached hydrogens (tertiary/aromatic N) is 3. The highest BCUT2D eigenvalue weighted by Crippen LogP contribution is 2.27. The van der Waals surface area contributed by atoms with Crippen LogP contribution in [0.1, 0.15) is 28.0 Å². The first-order valence-electron chi connectivity index (χ1n) is 12.4.